The molecule has 2 bridgehead atoms. The maximum Gasteiger partial charge on any atom is 0.310 e. The van der Waals surface area contributed by atoms with E-state index in [1.54, 1.807) is 0 Å². The second-order valence-corrected chi connectivity index (χ2v) is 3.64. The van der Waals surface area contributed by atoms with Gasteiger partial charge in [0, 0.05) is 12.1 Å². The minimum absolute atomic E-state index is 0. The molecular weight excluding hydrogens is 190 g/mol. The van der Waals surface area contributed by atoms with Crippen molar-refractivity contribution in [3.05, 3.63) is 0 Å². The Morgan fingerprint density at radius 2 is 2.31 bits per heavy atom. The fraction of sp³-hybridized carbons (Fsp3) is 0.889. The Labute approximate surface area is 84.6 Å². The van der Waals surface area contributed by atoms with Crippen LogP contribution in [0.25, 0.3) is 0 Å². The number of carbonyl (C=O) groups excluding carboxylic acids is 1. The highest BCUT2D eigenvalue weighted by Gasteiger charge is 2.43. The third-order valence-corrected chi connectivity index (χ3v) is 2.89. The largest absolute Gasteiger partial charge is 0.466 e. The van der Waals surface area contributed by atoms with Crippen LogP contribution in [-0.2, 0) is 9.53 Å². The first kappa shape index (κ1) is 10.8. The molecule has 76 valence electrons. The van der Waals surface area contributed by atoms with Crippen LogP contribution in [0.2, 0.25) is 0 Å². The van der Waals surface area contributed by atoms with Gasteiger partial charge in [-0.25, -0.2) is 0 Å². The van der Waals surface area contributed by atoms with Crippen molar-refractivity contribution in [3.63, 3.8) is 0 Å². The fourth-order valence-corrected chi connectivity index (χ4v) is 2.33. The monoisotopic (exact) mass is 205 g/mol. The van der Waals surface area contributed by atoms with Gasteiger partial charge in [0.1, 0.15) is 0 Å². The van der Waals surface area contributed by atoms with Crippen molar-refractivity contribution >= 4 is 18.4 Å². The number of ether oxygens (including phenoxy) is 1. The van der Waals surface area contributed by atoms with Gasteiger partial charge in [-0.1, -0.05) is 0 Å². The average Bonchev–Trinajstić information content (AvgIpc) is 2.64. The molecule has 0 saturated carbocycles. The molecular formula is C9H16ClNO2. The van der Waals surface area contributed by atoms with E-state index in [9.17, 15) is 4.79 Å². The number of rotatable bonds is 2. The molecule has 2 aliphatic heterocycles. The standard InChI is InChI=1S/C9H15NO2.ClH/c1-2-12-9(11)7-5-6-3-4-8(7)10-6;/h6-8,10H,2-5H2,1H3;1H/t6?,7-,8?;/m0./s1. The first-order chi connectivity index (χ1) is 5.81. The smallest absolute Gasteiger partial charge is 0.310 e. The van der Waals surface area contributed by atoms with Gasteiger partial charge in [-0.15, -0.1) is 12.4 Å². The molecule has 4 heteroatoms. The summed E-state index contributed by atoms with van der Waals surface area (Å²) in [6.07, 6.45) is 3.37. The molecule has 0 spiro atoms. The SMILES string of the molecule is CCOC(=O)[C@H]1CC2CCC1N2.Cl. The molecule has 0 radical (unpaired) electrons. The van der Waals surface area contributed by atoms with Gasteiger partial charge in [0.2, 0.25) is 0 Å². The number of esters is 1. The first-order valence-electron chi connectivity index (χ1n) is 4.74. The summed E-state index contributed by atoms with van der Waals surface area (Å²) in [5.41, 5.74) is 0. The molecule has 2 unspecified atom stereocenters. The van der Waals surface area contributed by atoms with E-state index in [1.807, 2.05) is 6.92 Å². The lowest BCUT2D eigenvalue weighted by atomic mass is 9.89. The van der Waals surface area contributed by atoms with Crippen molar-refractivity contribution < 1.29 is 9.53 Å². The first-order valence-corrected chi connectivity index (χ1v) is 4.74. The Bertz CT molecular complexity index is 198. The van der Waals surface area contributed by atoms with Gasteiger partial charge < -0.3 is 10.1 Å². The van der Waals surface area contributed by atoms with Crippen LogP contribution in [0, 0.1) is 5.92 Å². The van der Waals surface area contributed by atoms with E-state index in [0.717, 1.165) is 12.8 Å². The number of fused-ring (bicyclic) bond motifs is 2. The number of hydrogen-bond donors (Lipinski definition) is 1. The minimum atomic E-state index is -0.00259. The van der Waals surface area contributed by atoms with Crippen LogP contribution in [0.15, 0.2) is 0 Å². The van der Waals surface area contributed by atoms with Crippen molar-refractivity contribution in [1.29, 1.82) is 0 Å². The normalized spacial score (nSPS) is 35.6. The Kier molecular flexibility index (Phi) is 3.56. The second kappa shape index (κ2) is 4.29. The molecule has 3 nitrogen and oxygen atoms in total. The summed E-state index contributed by atoms with van der Waals surface area (Å²) in [4.78, 5) is 11.4. The van der Waals surface area contributed by atoms with Gasteiger partial charge in [0.05, 0.1) is 12.5 Å². The Morgan fingerprint density at radius 3 is 2.77 bits per heavy atom. The zero-order valence-corrected chi connectivity index (χ0v) is 8.60. The minimum Gasteiger partial charge on any atom is -0.466 e. The summed E-state index contributed by atoms with van der Waals surface area (Å²) < 4.78 is 5.00. The number of halogens is 1. The molecule has 13 heavy (non-hydrogen) atoms. The Hall–Kier alpha value is -0.280. The Balaban J connectivity index is 0.000000845. The third-order valence-electron chi connectivity index (χ3n) is 2.89. The topological polar surface area (TPSA) is 38.3 Å². The van der Waals surface area contributed by atoms with Crippen molar-refractivity contribution in [2.75, 3.05) is 6.61 Å². The summed E-state index contributed by atoms with van der Waals surface area (Å²) in [6.45, 7) is 2.37. The molecule has 2 fully saturated rings. The van der Waals surface area contributed by atoms with Crippen LogP contribution in [-0.4, -0.2) is 24.7 Å². The van der Waals surface area contributed by atoms with E-state index in [1.165, 1.54) is 6.42 Å². The van der Waals surface area contributed by atoms with Crippen molar-refractivity contribution in [2.45, 2.75) is 38.3 Å². The van der Waals surface area contributed by atoms with E-state index < -0.39 is 0 Å². The summed E-state index contributed by atoms with van der Waals surface area (Å²) >= 11 is 0. The van der Waals surface area contributed by atoms with Gasteiger partial charge in [-0.2, -0.15) is 0 Å². The molecule has 0 aromatic heterocycles. The Morgan fingerprint density at radius 1 is 1.54 bits per heavy atom. The molecule has 2 rings (SSSR count). The van der Waals surface area contributed by atoms with Crippen LogP contribution in [0.4, 0.5) is 0 Å². The molecule has 2 heterocycles. The van der Waals surface area contributed by atoms with E-state index in [-0.39, 0.29) is 24.3 Å². The predicted octanol–water partition coefficient (Wildman–Crippen LogP) is 1.11. The zero-order chi connectivity index (χ0) is 8.55. The molecule has 2 aliphatic rings. The lowest BCUT2D eigenvalue weighted by molar-refractivity contribution is -0.148. The molecule has 2 saturated heterocycles. The lowest BCUT2D eigenvalue weighted by Crippen LogP contribution is -2.30. The molecule has 0 aromatic rings. The van der Waals surface area contributed by atoms with E-state index in [4.69, 9.17) is 4.74 Å². The van der Waals surface area contributed by atoms with Gasteiger partial charge >= 0.3 is 5.97 Å². The van der Waals surface area contributed by atoms with Crippen molar-refractivity contribution in [1.82, 2.24) is 5.32 Å². The summed E-state index contributed by atoms with van der Waals surface area (Å²) in [6, 6.07) is 0.999. The van der Waals surface area contributed by atoms with E-state index in [0.29, 0.717) is 18.7 Å². The lowest BCUT2D eigenvalue weighted by Gasteiger charge is -2.17. The number of carbonyl (C=O) groups is 1. The molecule has 0 aromatic carbocycles. The quantitative estimate of drug-likeness (QED) is 0.687. The van der Waals surface area contributed by atoms with Crippen LogP contribution in [0.5, 0.6) is 0 Å². The fourth-order valence-electron chi connectivity index (χ4n) is 2.33. The van der Waals surface area contributed by atoms with Gasteiger partial charge in [-0.3, -0.25) is 4.79 Å². The number of hydrogen-bond acceptors (Lipinski definition) is 3. The predicted molar refractivity (Wildman–Crippen MR) is 51.9 cm³/mol. The number of nitrogens with one attached hydrogen (secondary N) is 1. The highest BCUT2D eigenvalue weighted by atomic mass is 35.5. The van der Waals surface area contributed by atoms with Crippen LogP contribution < -0.4 is 5.32 Å². The summed E-state index contributed by atoms with van der Waals surface area (Å²) in [5.74, 6) is 0.140. The molecule has 3 atom stereocenters. The van der Waals surface area contributed by atoms with Gasteiger partial charge in [-0.05, 0) is 26.2 Å². The van der Waals surface area contributed by atoms with Crippen LogP contribution >= 0.6 is 12.4 Å². The second-order valence-electron chi connectivity index (χ2n) is 3.64. The van der Waals surface area contributed by atoms with E-state index >= 15 is 0 Å². The molecule has 1 N–H and O–H groups in total. The van der Waals surface area contributed by atoms with Crippen molar-refractivity contribution in [3.8, 4) is 0 Å². The highest BCUT2D eigenvalue weighted by molar-refractivity contribution is 5.85. The van der Waals surface area contributed by atoms with Crippen molar-refractivity contribution in [2.24, 2.45) is 5.92 Å². The summed E-state index contributed by atoms with van der Waals surface area (Å²) in [5, 5.41) is 3.42. The van der Waals surface area contributed by atoms with Crippen LogP contribution in [0.1, 0.15) is 26.2 Å². The third kappa shape index (κ3) is 1.97. The summed E-state index contributed by atoms with van der Waals surface area (Å²) in [7, 11) is 0. The maximum absolute atomic E-state index is 11.4. The zero-order valence-electron chi connectivity index (χ0n) is 7.79. The maximum atomic E-state index is 11.4. The average molecular weight is 206 g/mol. The molecule has 0 aliphatic carbocycles. The highest BCUT2D eigenvalue weighted by Crippen LogP contribution is 2.33. The van der Waals surface area contributed by atoms with E-state index in [2.05, 4.69) is 5.32 Å². The molecule has 0 amide bonds. The van der Waals surface area contributed by atoms with Gasteiger partial charge in [0.15, 0.2) is 0 Å². The van der Waals surface area contributed by atoms with Crippen LogP contribution in [0.3, 0.4) is 0 Å². The van der Waals surface area contributed by atoms with Gasteiger partial charge in [0.25, 0.3) is 0 Å².